The molecule has 124 valence electrons. The first kappa shape index (κ1) is 15.4. The molecule has 23 heavy (non-hydrogen) atoms. The molecule has 4 rings (SSSR count). The van der Waals surface area contributed by atoms with Crippen molar-refractivity contribution >= 4 is 23.2 Å². The Labute approximate surface area is 141 Å². The molecule has 3 saturated heterocycles. The summed E-state index contributed by atoms with van der Waals surface area (Å²) >= 11 is 6.05. The van der Waals surface area contributed by atoms with Crippen molar-refractivity contribution in [2.24, 2.45) is 0 Å². The van der Waals surface area contributed by atoms with Crippen LogP contribution in [0.3, 0.4) is 0 Å². The lowest BCUT2D eigenvalue weighted by molar-refractivity contribution is -0.188. The summed E-state index contributed by atoms with van der Waals surface area (Å²) in [5, 5.41) is 0.661. The highest BCUT2D eigenvalue weighted by atomic mass is 35.5. The molecule has 1 aromatic carbocycles. The second-order valence-corrected chi connectivity index (χ2v) is 6.85. The van der Waals surface area contributed by atoms with E-state index in [1.165, 1.54) is 0 Å². The van der Waals surface area contributed by atoms with Gasteiger partial charge < -0.3 is 14.4 Å². The summed E-state index contributed by atoms with van der Waals surface area (Å²) in [6.07, 6.45) is 2.54. The third-order valence-electron chi connectivity index (χ3n) is 5.11. The van der Waals surface area contributed by atoms with E-state index in [2.05, 4.69) is 4.90 Å². The maximum atomic E-state index is 12.8. The third kappa shape index (κ3) is 2.87. The van der Waals surface area contributed by atoms with E-state index in [0.29, 0.717) is 18.2 Å². The number of rotatable bonds is 2. The van der Waals surface area contributed by atoms with Crippen molar-refractivity contribution < 1.29 is 14.3 Å². The maximum Gasteiger partial charge on any atom is 0.244 e. The standard InChI is InChI=1S/C17H21ClN2O3/c18-13-2-1-3-14(12-13)20-7-4-15(16(20)21)19-8-5-17(6-9-19)22-10-11-23-17/h1-3,12,15H,4-11H2/t15-/m0/s1. The number of likely N-dealkylation sites (tertiary alicyclic amines) is 1. The van der Waals surface area contributed by atoms with E-state index in [9.17, 15) is 4.79 Å². The van der Waals surface area contributed by atoms with Crippen LogP contribution in [-0.4, -0.2) is 55.5 Å². The summed E-state index contributed by atoms with van der Waals surface area (Å²) in [6.45, 7) is 3.81. The largest absolute Gasteiger partial charge is 0.347 e. The molecule has 0 aliphatic carbocycles. The second-order valence-electron chi connectivity index (χ2n) is 6.42. The molecule has 0 unspecified atom stereocenters. The molecule has 3 aliphatic rings. The number of hydrogen-bond donors (Lipinski definition) is 0. The van der Waals surface area contributed by atoms with Crippen molar-refractivity contribution in [1.82, 2.24) is 4.90 Å². The van der Waals surface area contributed by atoms with Gasteiger partial charge in [0.15, 0.2) is 5.79 Å². The van der Waals surface area contributed by atoms with E-state index in [4.69, 9.17) is 21.1 Å². The van der Waals surface area contributed by atoms with Crippen molar-refractivity contribution in [2.45, 2.75) is 31.1 Å². The molecule has 3 fully saturated rings. The normalized spacial score (nSPS) is 28.0. The molecule has 1 aromatic rings. The van der Waals surface area contributed by atoms with Gasteiger partial charge >= 0.3 is 0 Å². The number of amides is 1. The van der Waals surface area contributed by atoms with Gasteiger partial charge in [-0.15, -0.1) is 0 Å². The van der Waals surface area contributed by atoms with Crippen molar-refractivity contribution in [3.8, 4) is 0 Å². The molecule has 1 atom stereocenters. The summed E-state index contributed by atoms with van der Waals surface area (Å²) in [4.78, 5) is 16.9. The van der Waals surface area contributed by atoms with Gasteiger partial charge in [0.1, 0.15) is 0 Å². The number of anilines is 1. The fraction of sp³-hybridized carbons (Fsp3) is 0.588. The molecular formula is C17H21ClN2O3. The minimum atomic E-state index is -0.384. The average Bonchev–Trinajstić information content (AvgIpc) is 3.16. The van der Waals surface area contributed by atoms with Crippen LogP contribution in [0.15, 0.2) is 24.3 Å². The van der Waals surface area contributed by atoms with Crippen molar-refractivity contribution in [3.05, 3.63) is 29.3 Å². The van der Waals surface area contributed by atoms with E-state index in [1.54, 1.807) is 0 Å². The fourth-order valence-corrected chi connectivity index (χ4v) is 4.05. The van der Waals surface area contributed by atoms with Crippen LogP contribution in [0.4, 0.5) is 5.69 Å². The molecule has 1 amide bonds. The zero-order valence-corrected chi connectivity index (χ0v) is 13.8. The number of ether oxygens (including phenoxy) is 2. The first-order valence-electron chi connectivity index (χ1n) is 8.26. The lowest BCUT2D eigenvalue weighted by Crippen LogP contribution is -2.51. The number of halogens is 1. The van der Waals surface area contributed by atoms with Gasteiger partial charge in [-0.05, 0) is 24.6 Å². The van der Waals surface area contributed by atoms with E-state index in [0.717, 1.165) is 44.6 Å². The number of nitrogens with zero attached hydrogens (tertiary/aromatic N) is 2. The van der Waals surface area contributed by atoms with Crippen molar-refractivity contribution in [2.75, 3.05) is 37.7 Å². The monoisotopic (exact) mass is 336 g/mol. The number of carbonyl (C=O) groups excluding carboxylic acids is 1. The van der Waals surface area contributed by atoms with Crippen LogP contribution >= 0.6 is 11.6 Å². The molecule has 0 saturated carbocycles. The zero-order chi connectivity index (χ0) is 15.9. The molecule has 3 aliphatic heterocycles. The highest BCUT2D eigenvalue weighted by Crippen LogP contribution is 2.34. The van der Waals surface area contributed by atoms with Crippen LogP contribution in [-0.2, 0) is 14.3 Å². The van der Waals surface area contributed by atoms with Gasteiger partial charge in [-0.2, -0.15) is 0 Å². The minimum Gasteiger partial charge on any atom is -0.347 e. The van der Waals surface area contributed by atoms with Crippen molar-refractivity contribution in [3.63, 3.8) is 0 Å². The van der Waals surface area contributed by atoms with Crippen LogP contribution in [0.1, 0.15) is 19.3 Å². The fourth-order valence-electron chi connectivity index (χ4n) is 3.87. The maximum absolute atomic E-state index is 12.8. The van der Waals surface area contributed by atoms with Gasteiger partial charge in [0.2, 0.25) is 5.91 Å². The quantitative estimate of drug-likeness (QED) is 0.831. The summed E-state index contributed by atoms with van der Waals surface area (Å²) in [5.41, 5.74) is 0.890. The molecule has 5 nitrogen and oxygen atoms in total. The van der Waals surface area contributed by atoms with Crippen molar-refractivity contribution in [1.29, 1.82) is 0 Å². The molecule has 6 heteroatoms. The highest BCUT2D eigenvalue weighted by Gasteiger charge is 2.44. The summed E-state index contributed by atoms with van der Waals surface area (Å²) in [5.74, 6) is -0.207. The van der Waals surface area contributed by atoms with Gasteiger partial charge in [-0.1, -0.05) is 17.7 Å². The Morgan fingerprint density at radius 3 is 2.57 bits per heavy atom. The zero-order valence-electron chi connectivity index (χ0n) is 13.0. The highest BCUT2D eigenvalue weighted by molar-refractivity contribution is 6.30. The van der Waals surface area contributed by atoms with E-state index in [1.807, 2.05) is 29.2 Å². The summed E-state index contributed by atoms with van der Waals surface area (Å²) in [7, 11) is 0. The topological polar surface area (TPSA) is 42.0 Å². The number of hydrogen-bond acceptors (Lipinski definition) is 4. The molecule has 3 heterocycles. The lowest BCUT2D eigenvalue weighted by atomic mass is 10.0. The van der Waals surface area contributed by atoms with Crippen LogP contribution < -0.4 is 4.90 Å². The Balaban J connectivity index is 1.42. The molecule has 0 bridgehead atoms. The Morgan fingerprint density at radius 2 is 1.87 bits per heavy atom. The van der Waals surface area contributed by atoms with Gasteiger partial charge in [-0.25, -0.2) is 0 Å². The lowest BCUT2D eigenvalue weighted by Gasteiger charge is -2.39. The second kappa shape index (κ2) is 6.06. The van der Waals surface area contributed by atoms with Gasteiger partial charge in [0, 0.05) is 43.2 Å². The predicted octanol–water partition coefficient (Wildman–Crippen LogP) is 2.28. The number of benzene rings is 1. The number of carbonyl (C=O) groups is 1. The third-order valence-corrected chi connectivity index (χ3v) is 5.35. The Morgan fingerprint density at radius 1 is 1.13 bits per heavy atom. The van der Waals surface area contributed by atoms with Crippen LogP contribution in [0.5, 0.6) is 0 Å². The van der Waals surface area contributed by atoms with E-state index >= 15 is 0 Å². The first-order valence-corrected chi connectivity index (χ1v) is 8.64. The van der Waals surface area contributed by atoms with Crippen LogP contribution in [0.25, 0.3) is 0 Å². The molecule has 0 radical (unpaired) electrons. The predicted molar refractivity (Wildman–Crippen MR) is 87.7 cm³/mol. The minimum absolute atomic E-state index is 0.0345. The SMILES string of the molecule is O=C1[C@@H](N2CCC3(CC2)OCCO3)CCN1c1cccc(Cl)c1. The van der Waals surface area contributed by atoms with Crippen LogP contribution in [0.2, 0.25) is 5.02 Å². The molecule has 0 aromatic heterocycles. The Kier molecular flexibility index (Phi) is 4.05. The van der Waals surface area contributed by atoms with Gasteiger partial charge in [-0.3, -0.25) is 9.69 Å². The average molecular weight is 337 g/mol. The molecule has 1 spiro atoms. The smallest absolute Gasteiger partial charge is 0.244 e. The van der Waals surface area contributed by atoms with Gasteiger partial charge in [0.05, 0.1) is 19.3 Å². The van der Waals surface area contributed by atoms with E-state index < -0.39 is 0 Å². The number of piperidine rings is 1. The van der Waals surface area contributed by atoms with E-state index in [-0.39, 0.29) is 17.7 Å². The molecule has 0 N–H and O–H groups in total. The van der Waals surface area contributed by atoms with Gasteiger partial charge in [0.25, 0.3) is 0 Å². The summed E-state index contributed by atoms with van der Waals surface area (Å²) in [6, 6.07) is 7.48. The Bertz CT molecular complexity index is 593. The Hall–Kier alpha value is -1.14. The van der Waals surface area contributed by atoms with Crippen LogP contribution in [0, 0.1) is 0 Å². The molecular weight excluding hydrogens is 316 g/mol. The summed E-state index contributed by atoms with van der Waals surface area (Å²) < 4.78 is 11.5. The first-order chi connectivity index (χ1) is 11.2.